The quantitative estimate of drug-likeness (QED) is 0.714. The molecule has 0 radical (unpaired) electrons. The van der Waals surface area contributed by atoms with Crippen LogP contribution in [0.2, 0.25) is 0 Å². The minimum Gasteiger partial charge on any atom is -0.383 e. The van der Waals surface area contributed by atoms with Crippen molar-refractivity contribution in [1.82, 2.24) is 9.97 Å². The normalized spacial score (nSPS) is 25.7. The topological polar surface area (TPSA) is 63.8 Å². The van der Waals surface area contributed by atoms with Gasteiger partial charge in [0.15, 0.2) is 0 Å². The zero-order valence-electron chi connectivity index (χ0n) is 7.91. The van der Waals surface area contributed by atoms with E-state index in [4.69, 9.17) is 5.73 Å². The van der Waals surface area contributed by atoms with Crippen LogP contribution < -0.4 is 11.1 Å². The van der Waals surface area contributed by atoms with E-state index >= 15 is 0 Å². The molecule has 1 aliphatic rings. The molecular formula is C9H14N4. The molecule has 0 aliphatic heterocycles. The number of nitrogens with zero attached hydrogens (tertiary/aromatic N) is 2. The number of nitrogen functional groups attached to an aromatic ring is 1. The Morgan fingerprint density at radius 3 is 2.85 bits per heavy atom. The molecule has 2 rings (SSSR count). The Morgan fingerprint density at radius 2 is 2.23 bits per heavy atom. The second-order valence-electron chi connectivity index (χ2n) is 3.70. The van der Waals surface area contributed by atoms with Crippen molar-refractivity contribution in [3.63, 3.8) is 0 Å². The van der Waals surface area contributed by atoms with E-state index in [1.807, 2.05) is 6.92 Å². The third-order valence-corrected chi connectivity index (χ3v) is 2.55. The van der Waals surface area contributed by atoms with Crippen LogP contribution in [0.5, 0.6) is 0 Å². The van der Waals surface area contributed by atoms with Crippen LogP contribution in [0.1, 0.15) is 18.9 Å². The van der Waals surface area contributed by atoms with Gasteiger partial charge in [-0.25, -0.2) is 9.97 Å². The zero-order chi connectivity index (χ0) is 9.42. The van der Waals surface area contributed by atoms with Crippen molar-refractivity contribution in [3.8, 4) is 0 Å². The molecule has 4 heteroatoms. The van der Waals surface area contributed by atoms with Crippen molar-refractivity contribution in [1.29, 1.82) is 0 Å². The number of hydrogen-bond acceptors (Lipinski definition) is 4. The van der Waals surface area contributed by atoms with Crippen molar-refractivity contribution in [2.45, 2.75) is 26.3 Å². The highest BCUT2D eigenvalue weighted by Crippen LogP contribution is 2.33. The van der Waals surface area contributed by atoms with Crippen LogP contribution in [-0.4, -0.2) is 16.0 Å². The Kier molecular flexibility index (Phi) is 1.83. The van der Waals surface area contributed by atoms with Crippen LogP contribution in [0, 0.1) is 12.8 Å². The van der Waals surface area contributed by atoms with E-state index in [0.717, 1.165) is 17.3 Å². The zero-order valence-corrected chi connectivity index (χ0v) is 7.91. The summed E-state index contributed by atoms with van der Waals surface area (Å²) in [5.41, 5.74) is 6.61. The highest BCUT2D eigenvalue weighted by molar-refractivity contribution is 5.54. The molecule has 0 amide bonds. The van der Waals surface area contributed by atoms with Crippen molar-refractivity contribution >= 4 is 11.6 Å². The van der Waals surface area contributed by atoms with E-state index in [9.17, 15) is 0 Å². The van der Waals surface area contributed by atoms with Gasteiger partial charge in [-0.1, -0.05) is 6.92 Å². The molecule has 1 aromatic rings. The third kappa shape index (κ3) is 1.56. The number of aromatic nitrogens is 2. The number of anilines is 2. The van der Waals surface area contributed by atoms with Gasteiger partial charge < -0.3 is 11.1 Å². The lowest BCUT2D eigenvalue weighted by Gasteiger charge is -2.07. The maximum atomic E-state index is 5.66. The molecule has 70 valence electrons. The molecule has 1 saturated carbocycles. The van der Waals surface area contributed by atoms with E-state index < -0.39 is 0 Å². The van der Waals surface area contributed by atoms with Gasteiger partial charge in [0.2, 0.25) is 0 Å². The summed E-state index contributed by atoms with van der Waals surface area (Å²) in [6, 6.07) is 0.577. The van der Waals surface area contributed by atoms with Crippen molar-refractivity contribution in [2.75, 3.05) is 11.1 Å². The smallest absolute Gasteiger partial charge is 0.134 e. The molecule has 2 atom stereocenters. The highest BCUT2D eigenvalue weighted by atomic mass is 15.1. The first kappa shape index (κ1) is 8.29. The molecule has 0 spiro atoms. The van der Waals surface area contributed by atoms with E-state index in [1.54, 1.807) is 0 Å². The van der Waals surface area contributed by atoms with E-state index in [-0.39, 0.29) is 0 Å². The van der Waals surface area contributed by atoms with Gasteiger partial charge in [-0.3, -0.25) is 0 Å². The van der Waals surface area contributed by atoms with E-state index in [1.165, 1.54) is 12.7 Å². The van der Waals surface area contributed by atoms with Gasteiger partial charge in [-0.2, -0.15) is 0 Å². The molecule has 3 N–H and O–H groups in total. The van der Waals surface area contributed by atoms with Crippen LogP contribution in [0.15, 0.2) is 6.33 Å². The largest absolute Gasteiger partial charge is 0.383 e. The van der Waals surface area contributed by atoms with Gasteiger partial charge in [-0.15, -0.1) is 0 Å². The Bertz CT molecular complexity index is 323. The lowest BCUT2D eigenvalue weighted by atomic mass is 10.3. The maximum absolute atomic E-state index is 5.66. The fourth-order valence-corrected chi connectivity index (χ4v) is 1.31. The second-order valence-corrected chi connectivity index (χ2v) is 3.70. The number of nitrogens with one attached hydrogen (secondary N) is 1. The lowest BCUT2D eigenvalue weighted by molar-refractivity contribution is 0.919. The average molecular weight is 178 g/mol. The predicted molar refractivity (Wildman–Crippen MR) is 52.4 cm³/mol. The van der Waals surface area contributed by atoms with Crippen LogP contribution in [0.25, 0.3) is 0 Å². The molecule has 1 heterocycles. The fraction of sp³-hybridized carbons (Fsp3) is 0.556. The summed E-state index contributed by atoms with van der Waals surface area (Å²) in [4.78, 5) is 8.06. The summed E-state index contributed by atoms with van der Waals surface area (Å²) in [5, 5.41) is 3.34. The summed E-state index contributed by atoms with van der Waals surface area (Å²) >= 11 is 0. The lowest BCUT2D eigenvalue weighted by Crippen LogP contribution is -2.08. The van der Waals surface area contributed by atoms with Gasteiger partial charge in [0.05, 0.1) is 0 Å². The summed E-state index contributed by atoms with van der Waals surface area (Å²) in [5.74, 6) is 2.20. The molecule has 0 bridgehead atoms. The molecular weight excluding hydrogens is 164 g/mol. The van der Waals surface area contributed by atoms with E-state index in [2.05, 4.69) is 22.2 Å². The van der Waals surface area contributed by atoms with E-state index in [0.29, 0.717) is 11.9 Å². The predicted octanol–water partition coefficient (Wildman–Crippen LogP) is 1.19. The number of nitrogens with two attached hydrogens (primary N) is 1. The summed E-state index contributed by atoms with van der Waals surface area (Å²) in [7, 11) is 0. The Hall–Kier alpha value is -1.32. The van der Waals surface area contributed by atoms with Crippen LogP contribution in [0.3, 0.4) is 0 Å². The highest BCUT2D eigenvalue weighted by Gasteiger charge is 2.33. The molecule has 1 aromatic heterocycles. The minimum absolute atomic E-state index is 0.561. The first-order chi connectivity index (χ1) is 6.18. The first-order valence-corrected chi connectivity index (χ1v) is 4.52. The maximum Gasteiger partial charge on any atom is 0.134 e. The van der Waals surface area contributed by atoms with Crippen LogP contribution in [-0.2, 0) is 0 Å². The van der Waals surface area contributed by atoms with Gasteiger partial charge in [0.25, 0.3) is 0 Å². The summed E-state index contributed by atoms with van der Waals surface area (Å²) < 4.78 is 0. The average Bonchev–Trinajstić information content (AvgIpc) is 2.77. The molecule has 0 aromatic carbocycles. The van der Waals surface area contributed by atoms with Gasteiger partial charge >= 0.3 is 0 Å². The minimum atomic E-state index is 0.561. The molecule has 2 unspecified atom stereocenters. The van der Waals surface area contributed by atoms with Crippen LogP contribution >= 0.6 is 0 Å². The first-order valence-electron chi connectivity index (χ1n) is 4.52. The van der Waals surface area contributed by atoms with Gasteiger partial charge in [0.1, 0.15) is 18.0 Å². The SMILES string of the molecule is Cc1c(N)ncnc1NC1CC1C. The van der Waals surface area contributed by atoms with Gasteiger partial charge in [-0.05, 0) is 19.3 Å². The number of hydrogen-bond donors (Lipinski definition) is 2. The molecule has 4 nitrogen and oxygen atoms in total. The molecule has 1 fully saturated rings. The van der Waals surface area contributed by atoms with Crippen molar-refractivity contribution in [2.24, 2.45) is 5.92 Å². The summed E-state index contributed by atoms with van der Waals surface area (Å²) in [6.45, 7) is 4.16. The number of rotatable bonds is 2. The summed E-state index contributed by atoms with van der Waals surface area (Å²) in [6.07, 6.45) is 2.72. The molecule has 0 saturated heterocycles. The van der Waals surface area contributed by atoms with Crippen molar-refractivity contribution in [3.05, 3.63) is 11.9 Å². The molecule has 13 heavy (non-hydrogen) atoms. The molecule has 1 aliphatic carbocycles. The Labute approximate surface area is 77.6 Å². The standard InChI is InChI=1S/C9H14N4/c1-5-3-7(5)13-9-6(2)8(10)11-4-12-9/h4-5,7H,3H2,1-2H3,(H3,10,11,12,13). The Balaban J connectivity index is 2.15. The monoisotopic (exact) mass is 178 g/mol. The fourth-order valence-electron chi connectivity index (χ4n) is 1.31. The Morgan fingerprint density at radius 1 is 1.54 bits per heavy atom. The van der Waals surface area contributed by atoms with Crippen molar-refractivity contribution < 1.29 is 0 Å². The van der Waals surface area contributed by atoms with Crippen LogP contribution in [0.4, 0.5) is 11.6 Å². The van der Waals surface area contributed by atoms with Gasteiger partial charge in [0, 0.05) is 11.6 Å². The second kappa shape index (κ2) is 2.87. The third-order valence-electron chi connectivity index (χ3n) is 2.55.